The van der Waals surface area contributed by atoms with Gasteiger partial charge in [0.05, 0.1) is 12.2 Å². The van der Waals surface area contributed by atoms with E-state index in [4.69, 9.17) is 4.74 Å². The highest BCUT2D eigenvalue weighted by Crippen LogP contribution is 2.38. The lowest BCUT2D eigenvalue weighted by Gasteiger charge is -2.16. The first-order chi connectivity index (χ1) is 8.17. The van der Waals surface area contributed by atoms with E-state index in [1.54, 1.807) is 0 Å². The Balaban J connectivity index is 1.97. The lowest BCUT2D eigenvalue weighted by Crippen LogP contribution is -2.18. The topological polar surface area (TPSA) is 12.5 Å². The fourth-order valence-electron chi connectivity index (χ4n) is 2.32. The van der Waals surface area contributed by atoms with Crippen LogP contribution in [0.2, 0.25) is 0 Å². The Labute approximate surface area is 104 Å². The van der Waals surface area contributed by atoms with Crippen molar-refractivity contribution in [2.45, 2.75) is 38.7 Å². The number of hydrogen-bond acceptors (Lipinski definition) is 1. The highest BCUT2D eigenvalue weighted by molar-refractivity contribution is 5.47. The Morgan fingerprint density at radius 2 is 2.06 bits per heavy atom. The molecule has 0 aliphatic carbocycles. The van der Waals surface area contributed by atoms with Gasteiger partial charge in [0, 0.05) is 6.42 Å². The van der Waals surface area contributed by atoms with Gasteiger partial charge in [0.25, 0.3) is 0 Å². The summed E-state index contributed by atoms with van der Waals surface area (Å²) in [6.45, 7) is 9.26. The van der Waals surface area contributed by atoms with Crippen molar-refractivity contribution in [1.82, 2.24) is 0 Å². The molecule has 2 atom stereocenters. The normalized spacial score (nSPS) is 24.4. The van der Waals surface area contributed by atoms with Crippen LogP contribution in [0.4, 0.5) is 0 Å². The van der Waals surface area contributed by atoms with Crippen LogP contribution in [0.1, 0.15) is 37.8 Å². The molecule has 0 aromatic heterocycles. The fourth-order valence-corrected chi connectivity index (χ4v) is 2.32. The monoisotopic (exact) mass is 230 g/mol. The first-order valence-electron chi connectivity index (χ1n) is 6.53. The van der Waals surface area contributed by atoms with Crippen LogP contribution in [0.5, 0.6) is 0 Å². The number of ether oxygens (including phenoxy) is 1. The molecule has 1 aromatic rings. The zero-order valence-corrected chi connectivity index (χ0v) is 10.9. The Hall–Kier alpha value is -1.08. The van der Waals surface area contributed by atoms with E-state index in [0.29, 0.717) is 0 Å². The average molecular weight is 230 g/mol. The van der Waals surface area contributed by atoms with Gasteiger partial charge in [-0.3, -0.25) is 0 Å². The molecule has 0 spiro atoms. The summed E-state index contributed by atoms with van der Waals surface area (Å²) in [7, 11) is 0. The van der Waals surface area contributed by atoms with Crippen molar-refractivity contribution in [2.75, 3.05) is 6.61 Å². The molecule has 2 rings (SSSR count). The van der Waals surface area contributed by atoms with E-state index in [0.717, 1.165) is 18.9 Å². The first kappa shape index (κ1) is 12.4. The maximum Gasteiger partial charge on any atom is 0.0959 e. The smallest absolute Gasteiger partial charge is 0.0959 e. The van der Waals surface area contributed by atoms with Crippen LogP contribution in [-0.2, 0) is 11.2 Å². The van der Waals surface area contributed by atoms with E-state index in [-0.39, 0.29) is 5.60 Å². The molecule has 92 valence electrons. The van der Waals surface area contributed by atoms with Gasteiger partial charge in [-0.05, 0) is 23.5 Å². The second kappa shape index (κ2) is 5.05. The lowest BCUT2D eigenvalue weighted by atomic mass is 9.89. The van der Waals surface area contributed by atoms with Crippen molar-refractivity contribution in [2.24, 2.45) is 5.92 Å². The average Bonchev–Trinajstić information content (AvgIpc) is 3.09. The molecule has 1 aliphatic rings. The third-order valence-corrected chi connectivity index (χ3v) is 3.71. The van der Waals surface area contributed by atoms with Gasteiger partial charge >= 0.3 is 0 Å². The minimum atomic E-state index is 0.144. The summed E-state index contributed by atoms with van der Waals surface area (Å²) in [5, 5.41) is 0. The van der Waals surface area contributed by atoms with Gasteiger partial charge in [0.2, 0.25) is 0 Å². The van der Waals surface area contributed by atoms with Crippen molar-refractivity contribution in [3.63, 3.8) is 0 Å². The lowest BCUT2D eigenvalue weighted by molar-refractivity contribution is 0.254. The van der Waals surface area contributed by atoms with E-state index in [9.17, 15) is 0 Å². The quantitative estimate of drug-likeness (QED) is 0.671. The second-order valence-corrected chi connectivity index (χ2v) is 5.31. The highest BCUT2D eigenvalue weighted by atomic mass is 16.6. The van der Waals surface area contributed by atoms with E-state index >= 15 is 0 Å². The highest BCUT2D eigenvalue weighted by Gasteiger charge is 2.44. The first-order valence-corrected chi connectivity index (χ1v) is 6.53. The predicted octanol–water partition coefficient (Wildman–Crippen LogP) is 4.08. The minimum Gasteiger partial charge on any atom is -0.369 e. The summed E-state index contributed by atoms with van der Waals surface area (Å²) in [6.07, 6.45) is 5.36. The van der Waals surface area contributed by atoms with Crippen LogP contribution in [0.25, 0.3) is 6.08 Å². The molecule has 0 amide bonds. The van der Waals surface area contributed by atoms with Crippen molar-refractivity contribution < 1.29 is 4.74 Å². The summed E-state index contributed by atoms with van der Waals surface area (Å²) in [5.41, 5.74) is 2.70. The fraction of sp³-hybridized carbons (Fsp3) is 0.500. The third-order valence-electron chi connectivity index (χ3n) is 3.71. The maximum absolute atomic E-state index is 5.71. The molecule has 1 heterocycles. The predicted molar refractivity (Wildman–Crippen MR) is 73.0 cm³/mol. The third kappa shape index (κ3) is 3.19. The molecule has 0 saturated carbocycles. The number of epoxide rings is 1. The van der Waals surface area contributed by atoms with Gasteiger partial charge in [-0.25, -0.2) is 0 Å². The molecular formula is C16H22O. The molecular weight excluding hydrogens is 208 g/mol. The summed E-state index contributed by atoms with van der Waals surface area (Å²) >= 11 is 0. The Morgan fingerprint density at radius 3 is 2.53 bits per heavy atom. The van der Waals surface area contributed by atoms with Gasteiger partial charge in [-0.1, -0.05) is 57.2 Å². The van der Waals surface area contributed by atoms with Crippen LogP contribution < -0.4 is 0 Å². The van der Waals surface area contributed by atoms with Crippen molar-refractivity contribution >= 4 is 6.08 Å². The van der Waals surface area contributed by atoms with Crippen LogP contribution in [0, 0.1) is 5.92 Å². The van der Waals surface area contributed by atoms with Crippen LogP contribution >= 0.6 is 0 Å². The molecule has 1 fully saturated rings. The Bertz CT molecular complexity index is 373. The van der Waals surface area contributed by atoms with Crippen LogP contribution in [0.3, 0.4) is 0 Å². The van der Waals surface area contributed by atoms with Crippen molar-refractivity contribution in [3.05, 3.63) is 42.0 Å². The van der Waals surface area contributed by atoms with Crippen LogP contribution in [0.15, 0.2) is 30.8 Å². The number of benzene rings is 1. The Kier molecular flexibility index (Phi) is 3.68. The molecule has 0 N–H and O–H groups in total. The van der Waals surface area contributed by atoms with Gasteiger partial charge in [-0.2, -0.15) is 0 Å². The van der Waals surface area contributed by atoms with Crippen molar-refractivity contribution in [1.29, 1.82) is 0 Å². The molecule has 1 nitrogen and oxygen atoms in total. The number of hydrogen-bond donors (Lipinski definition) is 0. The maximum atomic E-state index is 5.71. The molecule has 1 aromatic carbocycles. The van der Waals surface area contributed by atoms with E-state index in [1.165, 1.54) is 24.0 Å². The summed E-state index contributed by atoms with van der Waals surface area (Å²) in [5.74, 6) is 0.755. The zero-order chi connectivity index (χ0) is 12.3. The molecule has 0 bridgehead atoms. The molecule has 17 heavy (non-hydrogen) atoms. The molecule has 0 radical (unpaired) electrons. The van der Waals surface area contributed by atoms with E-state index in [1.807, 2.05) is 6.08 Å². The zero-order valence-electron chi connectivity index (χ0n) is 10.9. The van der Waals surface area contributed by atoms with Crippen LogP contribution in [-0.4, -0.2) is 12.2 Å². The van der Waals surface area contributed by atoms with Gasteiger partial charge in [0.1, 0.15) is 0 Å². The summed E-state index contributed by atoms with van der Waals surface area (Å²) < 4.78 is 5.71. The molecule has 1 aliphatic heterocycles. The summed E-state index contributed by atoms with van der Waals surface area (Å²) in [4.78, 5) is 0. The van der Waals surface area contributed by atoms with E-state index in [2.05, 4.69) is 44.7 Å². The SMILES string of the molecule is C=Cc1ccc(CC2(CC(C)CC)CO2)cc1. The molecule has 1 saturated heterocycles. The largest absolute Gasteiger partial charge is 0.369 e. The van der Waals surface area contributed by atoms with Gasteiger partial charge in [0.15, 0.2) is 0 Å². The minimum absolute atomic E-state index is 0.144. The number of rotatable bonds is 6. The van der Waals surface area contributed by atoms with Gasteiger partial charge in [-0.15, -0.1) is 0 Å². The second-order valence-electron chi connectivity index (χ2n) is 5.31. The standard InChI is InChI=1S/C16H22O/c1-4-13(3)10-16(12-17-16)11-15-8-6-14(5-2)7-9-15/h5-9,13H,2,4,10-12H2,1,3H3. The molecule has 2 unspecified atom stereocenters. The van der Waals surface area contributed by atoms with Crippen molar-refractivity contribution in [3.8, 4) is 0 Å². The van der Waals surface area contributed by atoms with Gasteiger partial charge < -0.3 is 4.74 Å². The summed E-state index contributed by atoms with van der Waals surface area (Å²) in [6, 6.07) is 8.64. The Morgan fingerprint density at radius 1 is 1.41 bits per heavy atom. The molecule has 1 heteroatoms. The van der Waals surface area contributed by atoms with E-state index < -0.39 is 0 Å².